The maximum absolute atomic E-state index is 12.2. The van der Waals surface area contributed by atoms with Crippen molar-refractivity contribution in [2.45, 2.75) is 25.2 Å². The van der Waals surface area contributed by atoms with Gasteiger partial charge in [0, 0.05) is 18.9 Å². The van der Waals surface area contributed by atoms with Gasteiger partial charge in [-0.15, -0.1) is 0 Å². The molecule has 8 nitrogen and oxygen atoms in total. The summed E-state index contributed by atoms with van der Waals surface area (Å²) in [5.41, 5.74) is 5.03. The lowest BCUT2D eigenvalue weighted by molar-refractivity contribution is -0.116. The highest BCUT2D eigenvalue weighted by atomic mass is 16.5. The number of hydrogen-bond donors (Lipinski definition) is 3. The van der Waals surface area contributed by atoms with Crippen molar-refractivity contribution in [3.63, 3.8) is 0 Å². The number of unbranched alkanes of at least 4 members (excludes halogenated alkanes) is 1. The quantitative estimate of drug-likeness (QED) is 0.408. The molecule has 0 atom stereocenters. The van der Waals surface area contributed by atoms with Crippen LogP contribution in [0.3, 0.4) is 0 Å². The number of nitrogens with one attached hydrogen (secondary N) is 2. The summed E-state index contributed by atoms with van der Waals surface area (Å²) in [5.74, 6) is -1.31. The van der Waals surface area contributed by atoms with Crippen LogP contribution in [0, 0.1) is 0 Å². The fraction of sp³-hybridized carbons (Fsp3) is 0.231. The van der Waals surface area contributed by atoms with Crippen molar-refractivity contribution in [1.29, 1.82) is 0 Å². The third-order valence-corrected chi connectivity index (χ3v) is 5.71. The standard InChI is InChI=1S/C26H25N3O5/c30-24(29-17-12-13-23(25(31)32)28-15-17)11-5-6-14-27-26(33)34-16-22-20-9-3-1-7-18(20)19-8-2-4-10-21(19)22/h1-4,7-10,12-13,15,22H,5-6,11,14,16H2,(H,27,33)(H,29,30)(H,31,32). The molecule has 0 fully saturated rings. The molecule has 1 aliphatic carbocycles. The summed E-state index contributed by atoms with van der Waals surface area (Å²) in [6.07, 6.45) is 2.30. The molecule has 1 aliphatic rings. The van der Waals surface area contributed by atoms with E-state index < -0.39 is 12.1 Å². The minimum absolute atomic E-state index is 0.0147. The number of ether oxygens (including phenoxy) is 1. The Morgan fingerprint density at radius 2 is 1.59 bits per heavy atom. The third kappa shape index (κ3) is 5.40. The van der Waals surface area contributed by atoms with Crippen molar-refractivity contribution in [2.75, 3.05) is 18.5 Å². The maximum Gasteiger partial charge on any atom is 0.407 e. The van der Waals surface area contributed by atoms with Gasteiger partial charge < -0.3 is 20.5 Å². The van der Waals surface area contributed by atoms with Gasteiger partial charge in [-0.3, -0.25) is 4.79 Å². The Kier molecular flexibility index (Phi) is 7.17. The second-order valence-corrected chi connectivity index (χ2v) is 7.99. The Morgan fingerprint density at radius 1 is 0.912 bits per heavy atom. The lowest BCUT2D eigenvalue weighted by atomic mass is 9.98. The van der Waals surface area contributed by atoms with Crippen LogP contribution in [0.15, 0.2) is 66.9 Å². The van der Waals surface area contributed by atoms with E-state index in [2.05, 4.69) is 39.9 Å². The Balaban J connectivity index is 1.16. The van der Waals surface area contributed by atoms with Crippen LogP contribution in [0.4, 0.5) is 10.5 Å². The van der Waals surface area contributed by atoms with Crippen LogP contribution in [0.25, 0.3) is 11.1 Å². The zero-order chi connectivity index (χ0) is 23.9. The van der Waals surface area contributed by atoms with Crippen LogP contribution in [-0.4, -0.2) is 41.2 Å². The highest BCUT2D eigenvalue weighted by molar-refractivity contribution is 5.91. The fourth-order valence-electron chi connectivity index (χ4n) is 4.07. The number of carboxylic acid groups (broad SMARTS) is 1. The molecule has 0 aliphatic heterocycles. The molecule has 3 aromatic rings. The topological polar surface area (TPSA) is 118 Å². The second-order valence-electron chi connectivity index (χ2n) is 7.99. The highest BCUT2D eigenvalue weighted by Gasteiger charge is 2.28. The molecular formula is C26H25N3O5. The van der Waals surface area contributed by atoms with E-state index in [1.54, 1.807) is 0 Å². The first-order chi connectivity index (χ1) is 16.5. The molecule has 0 unspecified atom stereocenters. The van der Waals surface area contributed by atoms with Gasteiger partial charge in [0.25, 0.3) is 0 Å². The minimum atomic E-state index is -1.12. The number of nitrogens with zero attached hydrogens (tertiary/aromatic N) is 1. The summed E-state index contributed by atoms with van der Waals surface area (Å²) in [6, 6.07) is 19.2. The van der Waals surface area contributed by atoms with Crippen molar-refractivity contribution < 1.29 is 24.2 Å². The molecule has 8 heteroatoms. The van der Waals surface area contributed by atoms with Crippen LogP contribution < -0.4 is 10.6 Å². The van der Waals surface area contributed by atoms with Gasteiger partial charge in [0.1, 0.15) is 12.3 Å². The summed E-state index contributed by atoms with van der Waals surface area (Å²) in [4.78, 5) is 38.7. The Morgan fingerprint density at radius 3 is 2.21 bits per heavy atom. The van der Waals surface area contributed by atoms with E-state index in [0.717, 1.165) is 11.1 Å². The van der Waals surface area contributed by atoms with Crippen molar-refractivity contribution >= 4 is 23.7 Å². The molecule has 0 spiro atoms. The van der Waals surface area contributed by atoms with E-state index >= 15 is 0 Å². The number of hydrogen-bond acceptors (Lipinski definition) is 5. The largest absolute Gasteiger partial charge is 0.477 e. The zero-order valence-electron chi connectivity index (χ0n) is 18.5. The number of carbonyl (C=O) groups excluding carboxylic acids is 2. The maximum atomic E-state index is 12.2. The molecule has 4 rings (SSSR count). The van der Waals surface area contributed by atoms with Gasteiger partial charge in [-0.05, 0) is 47.2 Å². The number of carbonyl (C=O) groups is 3. The van der Waals surface area contributed by atoms with Gasteiger partial charge in [-0.2, -0.15) is 0 Å². The molecule has 0 bridgehead atoms. The molecule has 2 amide bonds. The number of carboxylic acids is 1. The molecule has 1 heterocycles. The smallest absolute Gasteiger partial charge is 0.407 e. The number of benzene rings is 2. The van der Waals surface area contributed by atoms with Gasteiger partial charge in [0.2, 0.25) is 5.91 Å². The molecule has 34 heavy (non-hydrogen) atoms. The first kappa shape index (κ1) is 23.0. The number of anilines is 1. The van der Waals surface area contributed by atoms with E-state index in [4.69, 9.17) is 9.84 Å². The number of amides is 2. The predicted molar refractivity (Wildman–Crippen MR) is 127 cm³/mol. The Hall–Kier alpha value is -4.20. The first-order valence-corrected chi connectivity index (χ1v) is 11.1. The van der Waals surface area contributed by atoms with Crippen LogP contribution in [0.2, 0.25) is 0 Å². The number of aromatic nitrogens is 1. The summed E-state index contributed by atoms with van der Waals surface area (Å²) in [5, 5.41) is 14.2. The number of rotatable bonds is 9. The molecule has 174 valence electrons. The molecule has 2 aromatic carbocycles. The normalized spacial score (nSPS) is 11.9. The Bertz CT molecular complexity index is 1150. The van der Waals surface area contributed by atoms with E-state index in [9.17, 15) is 14.4 Å². The second kappa shape index (κ2) is 10.6. The van der Waals surface area contributed by atoms with E-state index in [-0.39, 0.29) is 30.5 Å². The number of alkyl carbamates (subject to hydrolysis) is 1. The van der Waals surface area contributed by atoms with E-state index in [1.807, 2.05) is 24.3 Å². The van der Waals surface area contributed by atoms with Gasteiger partial charge in [-0.1, -0.05) is 48.5 Å². The summed E-state index contributed by atoms with van der Waals surface area (Å²) < 4.78 is 5.49. The van der Waals surface area contributed by atoms with Crippen molar-refractivity contribution in [1.82, 2.24) is 10.3 Å². The Labute approximate surface area is 197 Å². The summed E-state index contributed by atoms with van der Waals surface area (Å²) in [6.45, 7) is 0.662. The monoisotopic (exact) mass is 459 g/mol. The van der Waals surface area contributed by atoms with Crippen LogP contribution >= 0.6 is 0 Å². The van der Waals surface area contributed by atoms with E-state index in [0.29, 0.717) is 25.1 Å². The SMILES string of the molecule is O=C(CCCCNC(=O)OCC1c2ccccc2-c2ccccc21)Nc1ccc(C(=O)O)nc1. The summed E-state index contributed by atoms with van der Waals surface area (Å²) >= 11 is 0. The van der Waals surface area contributed by atoms with Crippen LogP contribution in [-0.2, 0) is 9.53 Å². The molecular weight excluding hydrogens is 434 g/mol. The average molecular weight is 460 g/mol. The van der Waals surface area contributed by atoms with Crippen molar-refractivity contribution in [3.8, 4) is 11.1 Å². The molecule has 3 N–H and O–H groups in total. The number of fused-ring (bicyclic) bond motifs is 3. The molecule has 0 saturated carbocycles. The lowest BCUT2D eigenvalue weighted by Gasteiger charge is -2.14. The molecule has 0 radical (unpaired) electrons. The van der Waals surface area contributed by atoms with E-state index in [1.165, 1.54) is 29.5 Å². The van der Waals surface area contributed by atoms with Crippen LogP contribution in [0.1, 0.15) is 46.8 Å². The first-order valence-electron chi connectivity index (χ1n) is 11.1. The number of pyridine rings is 1. The minimum Gasteiger partial charge on any atom is -0.477 e. The van der Waals surface area contributed by atoms with Crippen molar-refractivity contribution in [2.24, 2.45) is 0 Å². The van der Waals surface area contributed by atoms with Crippen LogP contribution in [0.5, 0.6) is 0 Å². The molecule has 0 saturated heterocycles. The predicted octanol–water partition coefficient (Wildman–Crippen LogP) is 4.43. The van der Waals surface area contributed by atoms with Crippen molar-refractivity contribution in [3.05, 3.63) is 83.7 Å². The summed E-state index contributed by atoms with van der Waals surface area (Å²) in [7, 11) is 0. The average Bonchev–Trinajstić information content (AvgIpc) is 3.16. The molecule has 1 aromatic heterocycles. The van der Waals surface area contributed by atoms with Gasteiger partial charge in [0.05, 0.1) is 11.9 Å². The lowest BCUT2D eigenvalue weighted by Crippen LogP contribution is -2.27. The van der Waals surface area contributed by atoms with Gasteiger partial charge in [0.15, 0.2) is 0 Å². The van der Waals surface area contributed by atoms with Gasteiger partial charge in [-0.25, -0.2) is 14.6 Å². The highest BCUT2D eigenvalue weighted by Crippen LogP contribution is 2.44. The number of aromatic carboxylic acids is 1. The zero-order valence-corrected chi connectivity index (χ0v) is 18.5. The van der Waals surface area contributed by atoms with Gasteiger partial charge >= 0.3 is 12.1 Å². The third-order valence-electron chi connectivity index (χ3n) is 5.71. The fourth-order valence-corrected chi connectivity index (χ4v) is 4.07.